The van der Waals surface area contributed by atoms with Gasteiger partial charge in [-0.3, -0.25) is 0 Å². The Morgan fingerprint density at radius 3 is 1.00 bits per heavy atom. The summed E-state index contributed by atoms with van der Waals surface area (Å²) in [5, 5.41) is 0. The van der Waals surface area contributed by atoms with Gasteiger partial charge in [0.1, 0.15) is 0 Å². The van der Waals surface area contributed by atoms with Crippen LogP contribution in [0.2, 0.25) is 0 Å². The Balaban J connectivity index is -0.0000000533. The second kappa shape index (κ2) is 11.1. The topological polar surface area (TPSA) is 124 Å². The molecule has 0 aliphatic heterocycles. The van der Waals surface area contributed by atoms with Crippen LogP contribution in [0.25, 0.3) is 0 Å². The quantitative estimate of drug-likeness (QED) is 0.340. The van der Waals surface area contributed by atoms with Crippen molar-refractivity contribution in [3.8, 4) is 0 Å². The Labute approximate surface area is 121 Å². The van der Waals surface area contributed by atoms with Crippen LogP contribution in [0, 0.1) is 0 Å². The van der Waals surface area contributed by atoms with E-state index < -0.39 is 15.6 Å². The van der Waals surface area contributed by atoms with E-state index in [2.05, 4.69) is 4.31 Å². The van der Waals surface area contributed by atoms with Gasteiger partial charge >= 0.3 is 53.4 Å². The zero-order chi connectivity index (χ0) is 7.71. The average molecular weight is 300 g/mol. The van der Waals surface area contributed by atoms with Gasteiger partial charge in [-0.1, -0.05) is 0 Å². The minimum Gasteiger partial charge on any atom is 0 e. The molecule has 0 heterocycles. The fraction of sp³-hybridized carbons (Fsp3) is 0. The first kappa shape index (κ1) is 29.6. The Morgan fingerprint density at radius 2 is 1.00 bits per heavy atom. The van der Waals surface area contributed by atoms with Crippen molar-refractivity contribution in [2.24, 2.45) is 0 Å². The van der Waals surface area contributed by atoms with Gasteiger partial charge in [-0.05, 0) is 0 Å². The molecule has 0 fully saturated rings. The third kappa shape index (κ3) is 31.3. The largest absolute Gasteiger partial charge is 0 e. The molecule has 0 aromatic carbocycles. The van der Waals surface area contributed by atoms with Crippen LogP contribution in [0.4, 0.5) is 0 Å². The van der Waals surface area contributed by atoms with Gasteiger partial charge in [0, 0.05) is 35.6 Å². The summed E-state index contributed by atoms with van der Waals surface area (Å²) >= 11 is 0. The fourth-order valence-electron chi connectivity index (χ4n) is 0.139. The van der Waals surface area contributed by atoms with Gasteiger partial charge in [0.25, 0.3) is 0 Å². The Kier molecular flexibility index (Phi) is 25.2. The molecule has 0 aromatic rings. The average Bonchev–Trinajstić information content (AvgIpc) is 1.14. The van der Waals surface area contributed by atoms with E-state index >= 15 is 0 Å². The molecule has 7 nitrogen and oxygen atoms in total. The van der Waals surface area contributed by atoms with Gasteiger partial charge in [-0.15, -0.1) is 0 Å². The van der Waals surface area contributed by atoms with E-state index in [-0.39, 0.29) is 73.3 Å². The monoisotopic (exact) mass is 300 g/mol. The molecule has 0 bridgehead atoms. The third-order valence-electron chi connectivity index (χ3n) is 0.213. The molecule has 0 aromatic heterocycles. The molecule has 0 rings (SSSR count). The maximum absolute atomic E-state index is 9.63. The van der Waals surface area contributed by atoms with Crippen molar-refractivity contribution >= 4 is 53.4 Å². The van der Waals surface area contributed by atoms with Crippen LogP contribution in [0.3, 0.4) is 0 Å². The SMILES string of the molecule is O=P(O)(O)OP(=O)(O)O.[LiH].[LiH].[Mn].[V]. The van der Waals surface area contributed by atoms with E-state index in [0.29, 0.717) is 0 Å². The van der Waals surface area contributed by atoms with Crippen molar-refractivity contribution in [3.05, 3.63) is 0 Å². The Hall–Kier alpha value is 2.56. The smallest absolute Gasteiger partial charge is 0 e. The summed E-state index contributed by atoms with van der Waals surface area (Å²) in [5.74, 6) is 0. The van der Waals surface area contributed by atoms with E-state index in [1.807, 2.05) is 0 Å². The Bertz CT molecular complexity index is 165. The zero-order valence-corrected chi connectivity index (χ0v) is 9.10. The molecule has 4 N–H and O–H groups in total. The van der Waals surface area contributed by atoms with Crippen molar-refractivity contribution in [1.82, 2.24) is 0 Å². The molecule has 0 saturated carbocycles. The van der Waals surface area contributed by atoms with Gasteiger partial charge in [0.05, 0.1) is 0 Å². The van der Waals surface area contributed by atoms with Crippen molar-refractivity contribution in [2.75, 3.05) is 0 Å². The van der Waals surface area contributed by atoms with E-state index in [4.69, 9.17) is 19.6 Å². The molecule has 72 valence electrons. The zero-order valence-electron chi connectivity index (χ0n) is 4.73. The predicted molar refractivity (Wildman–Crippen MR) is 39.5 cm³/mol. The predicted octanol–water partition coefficient (Wildman–Crippen LogP) is -2.11. The number of rotatable bonds is 2. The molecule has 0 amide bonds. The van der Waals surface area contributed by atoms with Crippen LogP contribution in [-0.4, -0.2) is 57.3 Å². The molecule has 0 unspecified atom stereocenters. The van der Waals surface area contributed by atoms with Gasteiger partial charge in [-0.2, -0.15) is 4.31 Å². The molecule has 13 heteroatoms. The summed E-state index contributed by atoms with van der Waals surface area (Å²) in [6.07, 6.45) is 0. The van der Waals surface area contributed by atoms with Crippen molar-refractivity contribution in [1.29, 1.82) is 0 Å². The fourth-order valence-corrected chi connectivity index (χ4v) is 1.25. The molecular formula is H6Li2MnO7P2V. The van der Waals surface area contributed by atoms with Gasteiger partial charge in [-0.25, -0.2) is 9.13 Å². The standard InChI is InChI=1S/2Li.Mn.H4O7P2.V.2H/c;;;1-8(2,3)7-9(4,5)6;;;/h;;;(H2,1,2,3)(H2,4,5,6);;;. The minimum absolute atomic E-state index is 0. The normalized spacial score (nSPS) is 9.54. The Morgan fingerprint density at radius 1 is 0.846 bits per heavy atom. The molecule has 0 aliphatic carbocycles. The van der Waals surface area contributed by atoms with Crippen LogP contribution in [-0.2, 0) is 49.1 Å². The van der Waals surface area contributed by atoms with Crippen molar-refractivity contribution < 1.29 is 68.6 Å². The minimum atomic E-state index is -5.05. The summed E-state index contributed by atoms with van der Waals surface area (Å²) in [6, 6.07) is 0. The van der Waals surface area contributed by atoms with Crippen LogP contribution < -0.4 is 0 Å². The van der Waals surface area contributed by atoms with Crippen molar-refractivity contribution in [3.63, 3.8) is 0 Å². The van der Waals surface area contributed by atoms with Gasteiger partial charge in [0.2, 0.25) is 0 Å². The summed E-state index contributed by atoms with van der Waals surface area (Å²) in [4.78, 5) is 31.0. The van der Waals surface area contributed by atoms with E-state index in [1.165, 1.54) is 0 Å². The molecule has 0 saturated heterocycles. The second-order valence-corrected chi connectivity index (χ2v) is 3.68. The van der Waals surface area contributed by atoms with Gasteiger partial charge < -0.3 is 19.6 Å². The van der Waals surface area contributed by atoms with Gasteiger partial charge in [0.15, 0.2) is 0 Å². The first-order chi connectivity index (χ1) is 3.71. The first-order valence-electron chi connectivity index (χ1n) is 1.53. The summed E-state index contributed by atoms with van der Waals surface area (Å²) < 4.78 is 22.2. The molecule has 0 aliphatic rings. The third-order valence-corrected chi connectivity index (χ3v) is 1.91. The maximum Gasteiger partial charge on any atom is 0 e. The van der Waals surface area contributed by atoms with E-state index in [0.717, 1.165) is 0 Å². The van der Waals surface area contributed by atoms with E-state index in [9.17, 15) is 9.13 Å². The molecule has 0 spiro atoms. The van der Waals surface area contributed by atoms with Crippen LogP contribution in [0.1, 0.15) is 0 Å². The van der Waals surface area contributed by atoms with Crippen LogP contribution in [0.5, 0.6) is 0 Å². The second-order valence-electron chi connectivity index (χ2n) is 1.06. The molecular weight excluding hydrogens is 294 g/mol. The van der Waals surface area contributed by atoms with Crippen LogP contribution in [0.15, 0.2) is 0 Å². The van der Waals surface area contributed by atoms with Crippen LogP contribution >= 0.6 is 15.6 Å². The summed E-state index contributed by atoms with van der Waals surface area (Å²) in [5.41, 5.74) is 0. The molecule has 0 atom stereocenters. The number of hydrogen-bond donors (Lipinski definition) is 4. The number of hydrogen-bond acceptors (Lipinski definition) is 3. The number of phosphoric acid groups is 2. The van der Waals surface area contributed by atoms with E-state index in [1.54, 1.807) is 0 Å². The molecule has 13 heavy (non-hydrogen) atoms. The maximum atomic E-state index is 9.63. The summed E-state index contributed by atoms with van der Waals surface area (Å²) in [7, 11) is -10.1. The first-order valence-corrected chi connectivity index (χ1v) is 4.59. The molecule has 2 radical (unpaired) electrons. The van der Waals surface area contributed by atoms with Crippen molar-refractivity contribution in [2.45, 2.75) is 0 Å². The summed E-state index contributed by atoms with van der Waals surface area (Å²) in [6.45, 7) is 0.